The van der Waals surface area contributed by atoms with E-state index >= 15 is 0 Å². The number of carbonyl (C=O) groups is 2. The fourth-order valence-corrected chi connectivity index (χ4v) is 5.63. The van der Waals surface area contributed by atoms with Gasteiger partial charge in [0, 0.05) is 26.6 Å². The van der Waals surface area contributed by atoms with E-state index in [4.69, 9.17) is 0 Å². The van der Waals surface area contributed by atoms with Gasteiger partial charge in [-0.15, -0.1) is 23.1 Å². The second kappa shape index (κ2) is 11.5. The fourth-order valence-electron chi connectivity index (χ4n) is 3.77. The van der Waals surface area contributed by atoms with E-state index in [-0.39, 0.29) is 17.1 Å². The molecule has 0 bridgehead atoms. The molecule has 0 aliphatic heterocycles. The van der Waals surface area contributed by atoms with Crippen molar-refractivity contribution in [2.45, 2.75) is 44.3 Å². The van der Waals surface area contributed by atoms with Crippen molar-refractivity contribution in [1.82, 2.24) is 4.98 Å². The Bertz CT molecular complexity index is 1380. The third-order valence-corrected chi connectivity index (χ3v) is 8.02. The molecule has 2 N–H and O–H groups in total. The summed E-state index contributed by atoms with van der Waals surface area (Å²) in [5.41, 5.74) is 5.40. The zero-order valence-electron chi connectivity index (χ0n) is 20.8. The topological polar surface area (TPSA) is 71.1 Å². The first kappa shape index (κ1) is 25.7. The first-order valence-corrected chi connectivity index (χ1v) is 13.5. The minimum atomic E-state index is -0.292. The van der Waals surface area contributed by atoms with Crippen LogP contribution in [0.1, 0.15) is 39.7 Å². The van der Waals surface area contributed by atoms with E-state index in [1.807, 2.05) is 69.3 Å². The highest BCUT2D eigenvalue weighted by Crippen LogP contribution is 2.32. The molecule has 1 atom stereocenters. The quantitative estimate of drug-likeness (QED) is 0.238. The number of benzene rings is 3. The molecule has 3 aromatic carbocycles. The Kier molecular flexibility index (Phi) is 8.23. The van der Waals surface area contributed by atoms with Gasteiger partial charge in [0.15, 0.2) is 5.13 Å². The zero-order chi connectivity index (χ0) is 25.7. The number of aryl methyl sites for hydroxylation is 3. The van der Waals surface area contributed by atoms with Crippen LogP contribution in [0.4, 0.5) is 10.8 Å². The van der Waals surface area contributed by atoms with Crippen molar-refractivity contribution in [1.29, 1.82) is 0 Å². The molecular weight excluding hydrogens is 486 g/mol. The van der Waals surface area contributed by atoms with Crippen molar-refractivity contribution in [3.8, 4) is 11.3 Å². The molecule has 2 amide bonds. The van der Waals surface area contributed by atoms with Crippen LogP contribution in [-0.2, 0) is 4.79 Å². The highest BCUT2D eigenvalue weighted by atomic mass is 32.2. The molecule has 184 valence electrons. The smallest absolute Gasteiger partial charge is 0.255 e. The number of thiazole rings is 1. The van der Waals surface area contributed by atoms with Crippen molar-refractivity contribution in [3.63, 3.8) is 0 Å². The van der Waals surface area contributed by atoms with Gasteiger partial charge in [0.2, 0.25) is 5.91 Å². The largest absolute Gasteiger partial charge is 0.322 e. The van der Waals surface area contributed by atoms with Crippen LogP contribution in [-0.4, -0.2) is 22.0 Å². The number of amides is 2. The number of hydrogen-bond acceptors (Lipinski definition) is 5. The molecule has 1 heterocycles. The fraction of sp³-hybridized carbons (Fsp3) is 0.207. The number of nitrogens with one attached hydrogen (secondary N) is 2. The SMILES string of the molecule is CCC(Sc1cccc(NC(=O)c2ccccc2C)c1)C(=O)Nc1nc(-c2ccc(C)cc2)c(C)s1. The molecule has 7 heteroatoms. The Morgan fingerprint density at radius 1 is 0.944 bits per heavy atom. The van der Waals surface area contributed by atoms with E-state index in [0.717, 1.165) is 26.6 Å². The van der Waals surface area contributed by atoms with Gasteiger partial charge in [-0.05, 0) is 57.0 Å². The molecule has 4 rings (SSSR count). The molecular formula is C29H29N3O2S2. The zero-order valence-corrected chi connectivity index (χ0v) is 22.4. The van der Waals surface area contributed by atoms with Crippen LogP contribution < -0.4 is 10.6 Å². The van der Waals surface area contributed by atoms with E-state index < -0.39 is 0 Å². The third-order valence-electron chi connectivity index (χ3n) is 5.77. The van der Waals surface area contributed by atoms with E-state index in [1.165, 1.54) is 28.7 Å². The van der Waals surface area contributed by atoms with Gasteiger partial charge in [0.25, 0.3) is 5.91 Å². The van der Waals surface area contributed by atoms with Gasteiger partial charge in [0.05, 0.1) is 10.9 Å². The average molecular weight is 516 g/mol. The lowest BCUT2D eigenvalue weighted by Crippen LogP contribution is -2.24. The summed E-state index contributed by atoms with van der Waals surface area (Å²) in [4.78, 5) is 32.5. The van der Waals surface area contributed by atoms with Crippen LogP contribution in [0.15, 0.2) is 77.7 Å². The van der Waals surface area contributed by atoms with Crippen molar-refractivity contribution < 1.29 is 9.59 Å². The normalized spacial score (nSPS) is 11.7. The van der Waals surface area contributed by atoms with Crippen LogP contribution in [0.5, 0.6) is 0 Å². The summed E-state index contributed by atoms with van der Waals surface area (Å²) < 4.78 is 0. The van der Waals surface area contributed by atoms with E-state index in [2.05, 4.69) is 46.8 Å². The van der Waals surface area contributed by atoms with Gasteiger partial charge < -0.3 is 10.6 Å². The summed E-state index contributed by atoms with van der Waals surface area (Å²) >= 11 is 2.96. The molecule has 1 unspecified atom stereocenters. The molecule has 4 aromatic rings. The highest BCUT2D eigenvalue weighted by Gasteiger charge is 2.21. The number of aromatic nitrogens is 1. The van der Waals surface area contributed by atoms with Crippen LogP contribution in [0, 0.1) is 20.8 Å². The second-order valence-electron chi connectivity index (χ2n) is 8.59. The third kappa shape index (κ3) is 6.22. The molecule has 0 spiro atoms. The Balaban J connectivity index is 1.43. The molecule has 0 aliphatic rings. The second-order valence-corrected chi connectivity index (χ2v) is 11.1. The lowest BCUT2D eigenvalue weighted by Gasteiger charge is -2.14. The number of anilines is 2. The van der Waals surface area contributed by atoms with E-state index in [9.17, 15) is 9.59 Å². The Hall–Kier alpha value is -3.42. The number of rotatable bonds is 8. The first-order chi connectivity index (χ1) is 17.3. The summed E-state index contributed by atoms with van der Waals surface area (Å²) in [7, 11) is 0. The number of hydrogen-bond donors (Lipinski definition) is 2. The van der Waals surface area contributed by atoms with Gasteiger partial charge in [0.1, 0.15) is 0 Å². The summed E-state index contributed by atoms with van der Waals surface area (Å²) in [6.45, 7) is 7.98. The predicted octanol–water partition coefficient (Wildman–Crippen LogP) is 7.50. The molecule has 0 saturated heterocycles. The lowest BCUT2D eigenvalue weighted by atomic mass is 10.1. The molecule has 36 heavy (non-hydrogen) atoms. The van der Waals surface area contributed by atoms with Crippen molar-refractivity contribution in [2.24, 2.45) is 0 Å². The first-order valence-electron chi connectivity index (χ1n) is 11.8. The maximum absolute atomic E-state index is 13.1. The maximum Gasteiger partial charge on any atom is 0.255 e. The number of nitrogens with zero attached hydrogens (tertiary/aromatic N) is 1. The summed E-state index contributed by atoms with van der Waals surface area (Å²) in [6.07, 6.45) is 0.658. The van der Waals surface area contributed by atoms with E-state index in [0.29, 0.717) is 22.8 Å². The van der Waals surface area contributed by atoms with E-state index in [1.54, 1.807) is 0 Å². The summed E-state index contributed by atoms with van der Waals surface area (Å²) in [5, 5.41) is 6.29. The van der Waals surface area contributed by atoms with Gasteiger partial charge in [-0.1, -0.05) is 61.0 Å². The Morgan fingerprint density at radius 2 is 1.69 bits per heavy atom. The lowest BCUT2D eigenvalue weighted by molar-refractivity contribution is -0.115. The Morgan fingerprint density at radius 3 is 2.42 bits per heavy atom. The van der Waals surface area contributed by atoms with Gasteiger partial charge >= 0.3 is 0 Å². The molecule has 0 aliphatic carbocycles. The summed E-state index contributed by atoms with van der Waals surface area (Å²) in [5.74, 6) is -0.232. The van der Waals surface area contributed by atoms with Gasteiger partial charge in [-0.3, -0.25) is 9.59 Å². The van der Waals surface area contributed by atoms with Crippen molar-refractivity contribution in [2.75, 3.05) is 10.6 Å². The van der Waals surface area contributed by atoms with Crippen LogP contribution >= 0.6 is 23.1 Å². The van der Waals surface area contributed by atoms with Gasteiger partial charge in [-0.2, -0.15) is 0 Å². The molecule has 1 aromatic heterocycles. The number of carbonyl (C=O) groups excluding carboxylic acids is 2. The number of thioether (sulfide) groups is 1. The minimum Gasteiger partial charge on any atom is -0.322 e. The molecule has 0 saturated carbocycles. The maximum atomic E-state index is 13.1. The molecule has 5 nitrogen and oxygen atoms in total. The van der Waals surface area contributed by atoms with Crippen molar-refractivity contribution >= 4 is 45.7 Å². The minimum absolute atomic E-state index is 0.0824. The monoisotopic (exact) mass is 515 g/mol. The molecule has 0 fully saturated rings. The summed E-state index contributed by atoms with van der Waals surface area (Å²) in [6, 6.07) is 23.3. The van der Waals surface area contributed by atoms with Gasteiger partial charge in [-0.25, -0.2) is 4.98 Å². The van der Waals surface area contributed by atoms with Crippen molar-refractivity contribution in [3.05, 3.63) is 94.4 Å². The molecule has 0 radical (unpaired) electrons. The van der Waals surface area contributed by atoms with Crippen LogP contribution in [0.3, 0.4) is 0 Å². The Labute approximate surface area is 220 Å². The average Bonchev–Trinajstić information content (AvgIpc) is 3.23. The standard InChI is InChI=1S/C29H29N3O2S2/c1-5-25(28(34)32-29-31-26(20(4)35-29)21-15-13-18(2)14-16-21)36-23-11-8-10-22(17-23)30-27(33)24-12-7-6-9-19(24)3/h6-17,25H,5H2,1-4H3,(H,30,33)(H,31,32,34). The highest BCUT2D eigenvalue weighted by molar-refractivity contribution is 8.00. The predicted molar refractivity (Wildman–Crippen MR) is 151 cm³/mol. The van der Waals surface area contributed by atoms with Crippen LogP contribution in [0.2, 0.25) is 0 Å². The van der Waals surface area contributed by atoms with Crippen LogP contribution in [0.25, 0.3) is 11.3 Å².